The third-order valence-corrected chi connectivity index (χ3v) is 5.08. The second-order valence-electron chi connectivity index (χ2n) is 4.73. The van der Waals surface area contributed by atoms with Gasteiger partial charge in [0, 0.05) is 6.61 Å². The van der Waals surface area contributed by atoms with Gasteiger partial charge in [-0.05, 0) is 18.4 Å². The maximum absolute atomic E-state index is 12.1. The highest BCUT2D eigenvalue weighted by Gasteiger charge is 2.33. The van der Waals surface area contributed by atoms with Crippen molar-refractivity contribution in [1.82, 2.24) is 4.72 Å². The topological polar surface area (TPSA) is 92.7 Å². The number of ether oxygens (including phenoxy) is 1. The Kier molecular flexibility index (Phi) is 4.74. The van der Waals surface area contributed by atoms with Crippen LogP contribution in [0, 0.1) is 0 Å². The van der Waals surface area contributed by atoms with Gasteiger partial charge < -0.3 is 9.84 Å². The van der Waals surface area contributed by atoms with Gasteiger partial charge in [0.2, 0.25) is 10.0 Å². The summed E-state index contributed by atoms with van der Waals surface area (Å²) in [5, 5.41) is 8.52. The molecule has 1 heterocycles. The van der Waals surface area contributed by atoms with Crippen molar-refractivity contribution in [3.8, 4) is 0 Å². The Morgan fingerprint density at radius 1 is 1.40 bits per heavy atom. The van der Waals surface area contributed by atoms with Gasteiger partial charge in [0.15, 0.2) is 0 Å². The minimum Gasteiger partial charge on any atom is -0.480 e. The van der Waals surface area contributed by atoms with E-state index in [9.17, 15) is 18.3 Å². The van der Waals surface area contributed by atoms with Crippen molar-refractivity contribution < 1.29 is 23.1 Å². The van der Waals surface area contributed by atoms with Crippen molar-refractivity contribution in [1.29, 1.82) is 0 Å². The summed E-state index contributed by atoms with van der Waals surface area (Å²) in [6.07, 6.45) is 0.510. The Morgan fingerprint density at radius 3 is 2.65 bits per heavy atom. The van der Waals surface area contributed by atoms with Crippen LogP contribution < -0.4 is 4.72 Å². The van der Waals surface area contributed by atoms with Crippen molar-refractivity contribution in [3.05, 3.63) is 35.9 Å². The van der Waals surface area contributed by atoms with Crippen LogP contribution in [-0.4, -0.2) is 44.0 Å². The molecule has 2 atom stereocenters. The van der Waals surface area contributed by atoms with E-state index in [1.54, 1.807) is 24.3 Å². The van der Waals surface area contributed by atoms with Crippen LogP contribution in [0.5, 0.6) is 0 Å². The van der Waals surface area contributed by atoms with Crippen molar-refractivity contribution >= 4 is 16.0 Å². The Bertz CT molecular complexity index is 551. The molecule has 6 nitrogen and oxygen atoms in total. The van der Waals surface area contributed by atoms with E-state index in [4.69, 9.17) is 4.74 Å². The Morgan fingerprint density at radius 2 is 2.10 bits per heavy atom. The molecule has 0 saturated carbocycles. The first-order valence-corrected chi connectivity index (χ1v) is 7.89. The Labute approximate surface area is 117 Å². The number of carbonyl (C=O) groups is 1. The molecule has 0 amide bonds. The fourth-order valence-corrected chi connectivity index (χ4v) is 3.54. The van der Waals surface area contributed by atoms with Crippen LogP contribution in [0.15, 0.2) is 30.3 Å². The predicted molar refractivity (Wildman–Crippen MR) is 72.8 cm³/mol. The Hall–Kier alpha value is -1.44. The van der Waals surface area contributed by atoms with Crippen molar-refractivity contribution in [2.75, 3.05) is 13.2 Å². The largest absolute Gasteiger partial charge is 0.480 e. The van der Waals surface area contributed by atoms with Gasteiger partial charge in [-0.25, -0.2) is 13.1 Å². The molecule has 7 heteroatoms. The molecule has 0 radical (unpaired) electrons. The van der Waals surface area contributed by atoms with Crippen LogP contribution in [0.25, 0.3) is 0 Å². The fraction of sp³-hybridized carbons (Fsp3) is 0.462. The summed E-state index contributed by atoms with van der Waals surface area (Å²) in [4.78, 5) is 11.2. The summed E-state index contributed by atoms with van der Waals surface area (Å²) < 4.78 is 31.5. The quantitative estimate of drug-likeness (QED) is 0.792. The van der Waals surface area contributed by atoms with E-state index < -0.39 is 27.3 Å². The average Bonchev–Trinajstić information content (AvgIpc) is 2.93. The summed E-state index contributed by atoms with van der Waals surface area (Å²) in [6, 6.07) is 7.76. The number of rotatable bonds is 6. The van der Waals surface area contributed by atoms with Crippen LogP contribution in [0.1, 0.15) is 12.0 Å². The van der Waals surface area contributed by atoms with E-state index in [-0.39, 0.29) is 13.0 Å². The van der Waals surface area contributed by atoms with E-state index in [2.05, 4.69) is 4.72 Å². The first kappa shape index (κ1) is 15.0. The monoisotopic (exact) mass is 299 g/mol. The number of hydrogen-bond donors (Lipinski definition) is 2. The van der Waals surface area contributed by atoms with Crippen LogP contribution >= 0.6 is 0 Å². The van der Waals surface area contributed by atoms with Crippen molar-refractivity contribution in [2.24, 2.45) is 0 Å². The van der Waals surface area contributed by atoms with Crippen molar-refractivity contribution in [2.45, 2.75) is 24.1 Å². The van der Waals surface area contributed by atoms with E-state index in [0.717, 1.165) is 5.56 Å². The molecule has 0 spiro atoms. The summed E-state index contributed by atoms with van der Waals surface area (Å²) in [7, 11) is -3.68. The molecular formula is C13H17NO5S. The standard InChI is InChI=1S/C13H17NO5S/c15-13(16)12(8-10-4-2-1-3-5-10)14-20(17,18)11-6-7-19-9-11/h1-5,11-12,14H,6-9H2,(H,15,16)/t11?,12-/m1/s1. The van der Waals surface area contributed by atoms with Crippen LogP contribution in [0.2, 0.25) is 0 Å². The molecule has 1 aromatic carbocycles. The van der Waals surface area contributed by atoms with Gasteiger partial charge in [-0.15, -0.1) is 0 Å². The van der Waals surface area contributed by atoms with Crippen LogP contribution in [0.3, 0.4) is 0 Å². The first-order valence-electron chi connectivity index (χ1n) is 6.34. The minimum absolute atomic E-state index is 0.114. The van der Waals surface area contributed by atoms with Gasteiger partial charge >= 0.3 is 5.97 Å². The second-order valence-corrected chi connectivity index (χ2v) is 6.72. The maximum atomic E-state index is 12.1. The summed E-state index contributed by atoms with van der Waals surface area (Å²) in [6.45, 7) is 0.509. The van der Waals surface area contributed by atoms with Gasteiger partial charge in [0.1, 0.15) is 11.3 Å². The lowest BCUT2D eigenvalue weighted by molar-refractivity contribution is -0.138. The van der Waals surface area contributed by atoms with E-state index >= 15 is 0 Å². The zero-order valence-corrected chi connectivity index (χ0v) is 11.7. The first-order chi connectivity index (χ1) is 9.49. The molecule has 1 fully saturated rings. The zero-order valence-electron chi connectivity index (χ0n) is 10.9. The van der Waals surface area contributed by atoms with E-state index in [1.807, 2.05) is 6.07 Å². The highest BCUT2D eigenvalue weighted by Crippen LogP contribution is 2.14. The zero-order chi connectivity index (χ0) is 14.6. The average molecular weight is 299 g/mol. The van der Waals surface area contributed by atoms with Gasteiger partial charge in [0.25, 0.3) is 0 Å². The molecular weight excluding hydrogens is 282 g/mol. The minimum atomic E-state index is -3.68. The van der Waals surface area contributed by atoms with Gasteiger partial charge in [-0.3, -0.25) is 4.79 Å². The molecule has 0 aromatic heterocycles. The number of nitrogens with one attached hydrogen (secondary N) is 1. The molecule has 0 aliphatic carbocycles. The smallest absolute Gasteiger partial charge is 0.322 e. The highest BCUT2D eigenvalue weighted by atomic mass is 32.2. The molecule has 1 saturated heterocycles. The van der Waals surface area contributed by atoms with Gasteiger partial charge in [-0.2, -0.15) is 0 Å². The number of carboxylic acid groups (broad SMARTS) is 1. The number of hydrogen-bond acceptors (Lipinski definition) is 4. The number of benzene rings is 1. The normalized spacial score (nSPS) is 20.7. The number of sulfonamides is 1. The van der Waals surface area contributed by atoms with Gasteiger partial charge in [-0.1, -0.05) is 30.3 Å². The van der Waals surface area contributed by atoms with Crippen LogP contribution in [-0.2, 0) is 26.0 Å². The summed E-state index contributed by atoms with van der Waals surface area (Å²) in [5.41, 5.74) is 0.769. The molecule has 1 aliphatic rings. The molecule has 1 aromatic rings. The second kappa shape index (κ2) is 6.34. The lowest BCUT2D eigenvalue weighted by Gasteiger charge is -2.17. The van der Waals surface area contributed by atoms with Crippen molar-refractivity contribution in [3.63, 3.8) is 0 Å². The molecule has 110 valence electrons. The molecule has 2 rings (SSSR count). The number of carboxylic acids is 1. The third-order valence-electron chi connectivity index (χ3n) is 3.21. The lowest BCUT2D eigenvalue weighted by atomic mass is 10.1. The molecule has 1 unspecified atom stereocenters. The van der Waals surface area contributed by atoms with E-state index in [0.29, 0.717) is 13.0 Å². The fourth-order valence-electron chi connectivity index (χ4n) is 2.08. The van der Waals surface area contributed by atoms with Gasteiger partial charge in [0.05, 0.1) is 6.61 Å². The SMILES string of the molecule is O=C(O)[C@@H](Cc1ccccc1)NS(=O)(=O)C1CCOC1. The molecule has 0 bridgehead atoms. The van der Waals surface area contributed by atoms with E-state index in [1.165, 1.54) is 0 Å². The predicted octanol–water partition coefficient (Wildman–Crippen LogP) is 0.391. The molecule has 2 N–H and O–H groups in total. The number of aliphatic carboxylic acids is 1. The van der Waals surface area contributed by atoms with Crippen LogP contribution in [0.4, 0.5) is 0 Å². The molecule has 20 heavy (non-hydrogen) atoms. The molecule has 1 aliphatic heterocycles. The summed E-state index contributed by atoms with van der Waals surface area (Å²) >= 11 is 0. The maximum Gasteiger partial charge on any atom is 0.322 e. The summed E-state index contributed by atoms with van der Waals surface area (Å²) in [5.74, 6) is -1.18. The Balaban J connectivity index is 2.08. The highest BCUT2D eigenvalue weighted by molar-refractivity contribution is 7.90. The lowest BCUT2D eigenvalue weighted by Crippen LogP contribution is -2.46. The third kappa shape index (κ3) is 3.78.